The molecule has 14 heteroatoms. The van der Waals surface area contributed by atoms with Crippen molar-refractivity contribution in [3.8, 4) is 0 Å². The van der Waals surface area contributed by atoms with E-state index in [2.05, 4.69) is 20.3 Å². The Kier molecular flexibility index (Phi) is 7.69. The third-order valence-electron chi connectivity index (χ3n) is 7.30. The minimum atomic E-state index is -4.90. The summed E-state index contributed by atoms with van der Waals surface area (Å²) in [6.45, 7) is -0.513. The summed E-state index contributed by atoms with van der Waals surface area (Å²) in [4.78, 5) is 36.9. The summed E-state index contributed by atoms with van der Waals surface area (Å²) in [6.07, 6.45) is -7.99. The summed E-state index contributed by atoms with van der Waals surface area (Å²) >= 11 is 0. The number of aromatic nitrogens is 4. The molecule has 1 saturated carbocycles. The zero-order valence-electron chi connectivity index (χ0n) is 22.4. The minimum absolute atomic E-state index is 0.00696. The van der Waals surface area contributed by atoms with Gasteiger partial charge in [-0.15, -0.1) is 0 Å². The number of nitrogens with zero attached hydrogens (tertiary/aromatic N) is 4. The van der Waals surface area contributed by atoms with E-state index in [9.17, 15) is 22.8 Å². The van der Waals surface area contributed by atoms with Gasteiger partial charge in [-0.1, -0.05) is 36.4 Å². The second-order valence-electron chi connectivity index (χ2n) is 10.2. The van der Waals surface area contributed by atoms with Crippen molar-refractivity contribution in [3.63, 3.8) is 0 Å². The highest BCUT2D eigenvalue weighted by Gasteiger charge is 2.50. The topological polar surface area (TPSA) is 117 Å². The minimum Gasteiger partial charge on any atom is -0.459 e. The maximum atomic E-state index is 16.2. The number of halogens is 4. The Morgan fingerprint density at radius 3 is 2.23 bits per heavy atom. The molecule has 4 atom stereocenters. The largest absolute Gasteiger partial charge is 0.459 e. The van der Waals surface area contributed by atoms with Crippen LogP contribution in [-0.2, 0) is 20.4 Å². The molecule has 1 saturated heterocycles. The molecule has 43 heavy (non-hydrogen) atoms. The molecular weight excluding hydrogens is 574 g/mol. The molecule has 2 aromatic carbocycles. The number of imidazole rings is 1. The van der Waals surface area contributed by atoms with Crippen LogP contribution in [0.1, 0.15) is 52.0 Å². The Morgan fingerprint density at radius 2 is 1.63 bits per heavy atom. The van der Waals surface area contributed by atoms with E-state index >= 15 is 4.39 Å². The molecular formula is C29H25F4N5O5. The van der Waals surface area contributed by atoms with Gasteiger partial charge in [-0.2, -0.15) is 13.2 Å². The third-order valence-corrected chi connectivity index (χ3v) is 7.30. The molecule has 10 nitrogen and oxygen atoms in total. The Balaban J connectivity index is 1.32. The highest BCUT2D eigenvalue weighted by Crippen LogP contribution is 2.38. The molecule has 0 radical (unpaired) electrons. The van der Waals surface area contributed by atoms with E-state index in [-0.39, 0.29) is 34.2 Å². The highest BCUT2D eigenvalue weighted by atomic mass is 19.4. The van der Waals surface area contributed by atoms with Gasteiger partial charge in [0.05, 0.1) is 17.5 Å². The molecule has 1 N–H and O–H groups in total. The van der Waals surface area contributed by atoms with Gasteiger partial charge in [-0.25, -0.2) is 28.9 Å². The van der Waals surface area contributed by atoms with Gasteiger partial charge < -0.3 is 19.5 Å². The molecule has 0 spiro atoms. The van der Waals surface area contributed by atoms with E-state index in [1.165, 1.54) is 24.3 Å². The van der Waals surface area contributed by atoms with Gasteiger partial charge in [0.25, 0.3) is 0 Å². The number of hydrogen-bond acceptors (Lipinski definition) is 9. The van der Waals surface area contributed by atoms with Crippen LogP contribution in [0.4, 0.5) is 23.4 Å². The second-order valence-corrected chi connectivity index (χ2v) is 10.2. The molecule has 1 aliphatic heterocycles. The van der Waals surface area contributed by atoms with Crippen LogP contribution in [0.3, 0.4) is 0 Å². The monoisotopic (exact) mass is 599 g/mol. The molecule has 1 aliphatic carbocycles. The van der Waals surface area contributed by atoms with Crippen molar-refractivity contribution in [2.45, 2.75) is 56.1 Å². The Labute approximate surface area is 242 Å². The summed E-state index contributed by atoms with van der Waals surface area (Å²) in [5, 5.41) is 2.97. The molecule has 4 aromatic rings. The van der Waals surface area contributed by atoms with Crippen LogP contribution in [0, 0.1) is 0 Å². The first-order chi connectivity index (χ1) is 20.7. The number of ether oxygens (including phenoxy) is 3. The number of rotatable bonds is 8. The fourth-order valence-electron chi connectivity index (χ4n) is 4.85. The van der Waals surface area contributed by atoms with Crippen LogP contribution in [0.5, 0.6) is 0 Å². The molecule has 6 rings (SSSR count). The number of alkyl halides is 4. The predicted molar refractivity (Wildman–Crippen MR) is 143 cm³/mol. The standard InChI is InChI=1S/C29H25F4N5O5/c30-20-22(43-27(40)17-10-5-2-6-11-17)19(14-41-26(39)16-8-3-1-4-9-16)42-25(20)38-15-34-21-23(35-18-12-7-13-18)36-28(29(31,32)33)37-24(21)38/h1-6,8-11,15,18-20,22,25H,7,12-14H2,(H,35,36,37)/t19-,20+,22-,25-/m1/s1. The molecule has 0 bridgehead atoms. The van der Waals surface area contributed by atoms with Crippen molar-refractivity contribution < 1.29 is 41.4 Å². The van der Waals surface area contributed by atoms with Gasteiger partial charge in [-0.3, -0.25) is 4.57 Å². The molecule has 0 amide bonds. The molecule has 0 unspecified atom stereocenters. The van der Waals surface area contributed by atoms with Gasteiger partial charge in [0.15, 0.2) is 35.5 Å². The average molecular weight is 600 g/mol. The molecule has 3 heterocycles. The van der Waals surface area contributed by atoms with E-state index in [4.69, 9.17) is 14.2 Å². The van der Waals surface area contributed by atoms with Crippen LogP contribution in [0.25, 0.3) is 11.2 Å². The first kappa shape index (κ1) is 28.5. The molecule has 2 aromatic heterocycles. The van der Waals surface area contributed by atoms with Crippen molar-refractivity contribution >= 4 is 28.9 Å². The van der Waals surface area contributed by atoms with Gasteiger partial charge in [-0.05, 0) is 43.5 Å². The highest BCUT2D eigenvalue weighted by molar-refractivity contribution is 5.90. The van der Waals surface area contributed by atoms with Crippen molar-refractivity contribution in [1.82, 2.24) is 19.5 Å². The first-order valence-corrected chi connectivity index (χ1v) is 13.5. The fraction of sp³-hybridized carbons (Fsp3) is 0.345. The normalized spacial score (nSPS) is 22.2. The SMILES string of the molecule is O=C(OC[C@H]1O[C@@H](n2cnc3c(NC4CCC4)nc(C(F)(F)F)nc32)[C@@H](F)[C@@H]1OC(=O)c1ccccc1)c1ccccc1. The van der Waals surface area contributed by atoms with Crippen molar-refractivity contribution in [1.29, 1.82) is 0 Å². The van der Waals surface area contributed by atoms with E-state index < -0.39 is 55.2 Å². The lowest BCUT2D eigenvalue weighted by molar-refractivity contribution is -0.144. The average Bonchev–Trinajstić information content (AvgIpc) is 3.54. The van der Waals surface area contributed by atoms with Crippen molar-refractivity contribution in [3.05, 3.63) is 83.9 Å². The lowest BCUT2D eigenvalue weighted by Gasteiger charge is -2.27. The van der Waals surface area contributed by atoms with Crippen LogP contribution in [0.2, 0.25) is 0 Å². The van der Waals surface area contributed by atoms with Crippen molar-refractivity contribution in [2.24, 2.45) is 0 Å². The second kappa shape index (κ2) is 11.6. The summed E-state index contributed by atoms with van der Waals surface area (Å²) in [7, 11) is 0. The number of carbonyl (C=O) groups excluding carboxylic acids is 2. The Bertz CT molecular complexity index is 1610. The Morgan fingerprint density at radius 1 is 0.977 bits per heavy atom. The van der Waals surface area contributed by atoms with Crippen LogP contribution < -0.4 is 5.32 Å². The number of nitrogens with one attached hydrogen (secondary N) is 1. The van der Waals surface area contributed by atoms with Crippen molar-refractivity contribution in [2.75, 3.05) is 11.9 Å². The summed E-state index contributed by atoms with van der Waals surface area (Å²) in [5.74, 6) is -3.15. The zero-order chi connectivity index (χ0) is 30.1. The summed E-state index contributed by atoms with van der Waals surface area (Å²) in [6, 6.07) is 15.8. The lowest BCUT2D eigenvalue weighted by Crippen LogP contribution is -2.37. The maximum Gasteiger partial charge on any atom is 0.451 e. The summed E-state index contributed by atoms with van der Waals surface area (Å²) < 4.78 is 75.2. The maximum absolute atomic E-state index is 16.2. The zero-order valence-corrected chi connectivity index (χ0v) is 22.4. The number of hydrogen-bond donors (Lipinski definition) is 1. The number of carbonyl (C=O) groups is 2. The molecule has 2 aliphatic rings. The summed E-state index contributed by atoms with van der Waals surface area (Å²) in [5.41, 5.74) is 0.0371. The predicted octanol–water partition coefficient (Wildman–Crippen LogP) is 5.13. The Hall–Kier alpha value is -4.59. The fourth-order valence-corrected chi connectivity index (χ4v) is 4.85. The quantitative estimate of drug-likeness (QED) is 0.217. The van der Waals surface area contributed by atoms with Crippen LogP contribution in [-0.4, -0.2) is 62.5 Å². The number of benzene rings is 2. The van der Waals surface area contributed by atoms with Crippen LogP contribution in [0.15, 0.2) is 67.0 Å². The number of fused-ring (bicyclic) bond motifs is 1. The number of anilines is 1. The smallest absolute Gasteiger partial charge is 0.451 e. The van der Waals surface area contributed by atoms with E-state index in [0.29, 0.717) is 0 Å². The van der Waals surface area contributed by atoms with E-state index in [1.54, 1.807) is 36.4 Å². The van der Waals surface area contributed by atoms with E-state index in [1.807, 2.05) is 0 Å². The van der Waals surface area contributed by atoms with Gasteiger partial charge >= 0.3 is 18.1 Å². The van der Waals surface area contributed by atoms with Gasteiger partial charge in [0, 0.05) is 6.04 Å². The first-order valence-electron chi connectivity index (χ1n) is 13.5. The van der Waals surface area contributed by atoms with Gasteiger partial charge in [0.1, 0.15) is 12.7 Å². The molecule has 2 fully saturated rings. The molecule has 224 valence electrons. The van der Waals surface area contributed by atoms with Crippen LogP contribution >= 0.6 is 0 Å². The van der Waals surface area contributed by atoms with Gasteiger partial charge in [0.2, 0.25) is 5.82 Å². The number of esters is 2. The lowest BCUT2D eigenvalue weighted by atomic mass is 9.93. The third kappa shape index (κ3) is 5.87. The van der Waals surface area contributed by atoms with E-state index in [0.717, 1.165) is 30.2 Å².